The van der Waals surface area contributed by atoms with Crippen LogP contribution in [0.25, 0.3) is 11.2 Å². The fourth-order valence-corrected chi connectivity index (χ4v) is 4.91. The average molecular weight is 481 g/mol. The quantitative estimate of drug-likeness (QED) is 0.400. The summed E-state index contributed by atoms with van der Waals surface area (Å²) in [5, 5.41) is 0. The predicted molar refractivity (Wildman–Crippen MR) is 134 cm³/mol. The van der Waals surface area contributed by atoms with E-state index in [2.05, 4.69) is 16.8 Å². The van der Waals surface area contributed by atoms with Crippen LogP contribution in [0.1, 0.15) is 19.8 Å². The zero-order valence-electron chi connectivity index (χ0n) is 19.4. The second-order valence-corrected chi connectivity index (χ2v) is 9.37. The van der Waals surface area contributed by atoms with Crippen molar-refractivity contribution in [1.29, 1.82) is 0 Å². The van der Waals surface area contributed by atoms with Gasteiger partial charge in [0.15, 0.2) is 16.9 Å². The van der Waals surface area contributed by atoms with Gasteiger partial charge in [-0.3, -0.25) is 23.3 Å². The summed E-state index contributed by atoms with van der Waals surface area (Å²) in [4.78, 5) is 46.9. The zero-order chi connectivity index (χ0) is 24.2. The van der Waals surface area contributed by atoms with Crippen molar-refractivity contribution in [3.63, 3.8) is 0 Å². The minimum Gasteiger partial charge on any atom is -0.341 e. The van der Waals surface area contributed by atoms with Crippen LogP contribution in [-0.4, -0.2) is 49.4 Å². The molecule has 0 saturated carbocycles. The third-order valence-corrected chi connectivity index (χ3v) is 6.92. The van der Waals surface area contributed by atoms with Crippen molar-refractivity contribution in [2.75, 3.05) is 23.7 Å². The normalized spacial score (nSPS) is 15.9. The molecule has 0 amide bonds. The number of hydrogen-bond acceptors (Lipinski definition) is 7. The molecule has 0 aliphatic carbocycles. The van der Waals surface area contributed by atoms with Gasteiger partial charge in [-0.2, -0.15) is 4.98 Å². The molecule has 1 aromatic carbocycles. The highest BCUT2D eigenvalue weighted by Crippen LogP contribution is 2.23. The van der Waals surface area contributed by atoms with Gasteiger partial charge in [-0.25, -0.2) is 4.79 Å². The van der Waals surface area contributed by atoms with Crippen LogP contribution in [0.2, 0.25) is 0 Å². The van der Waals surface area contributed by atoms with Crippen LogP contribution < -0.4 is 21.9 Å². The molecule has 178 valence electrons. The van der Waals surface area contributed by atoms with Crippen molar-refractivity contribution >= 4 is 34.7 Å². The topological polar surface area (TPSA) is 108 Å². The highest BCUT2D eigenvalue weighted by Gasteiger charge is 2.26. The number of carbonyl (C=O) groups is 1. The Bertz CT molecular complexity index is 1380. The molecular weight excluding hydrogens is 452 g/mol. The molecule has 1 atom stereocenters. The number of imidazole rings is 1. The predicted octanol–water partition coefficient (Wildman–Crippen LogP) is 1.21. The molecule has 0 radical (unpaired) electrons. The van der Waals surface area contributed by atoms with Crippen LogP contribution in [0, 0.1) is 11.8 Å². The van der Waals surface area contributed by atoms with Gasteiger partial charge in [-0.05, 0) is 31.9 Å². The van der Waals surface area contributed by atoms with Crippen LogP contribution in [-0.2, 0) is 24.9 Å². The number of rotatable bonds is 7. The lowest BCUT2D eigenvalue weighted by atomic mass is 10.1. The number of Topliss-reactive ketones (excluding diaryl/α,β-unsaturated/α-hetero) is 1. The lowest BCUT2D eigenvalue weighted by molar-refractivity contribution is -0.117. The van der Waals surface area contributed by atoms with Gasteiger partial charge in [-0.15, -0.1) is 17.7 Å². The molecule has 1 aliphatic rings. The van der Waals surface area contributed by atoms with E-state index in [9.17, 15) is 14.4 Å². The number of aromatic nitrogens is 4. The molecule has 34 heavy (non-hydrogen) atoms. The van der Waals surface area contributed by atoms with E-state index < -0.39 is 11.2 Å². The van der Waals surface area contributed by atoms with E-state index in [0.717, 1.165) is 28.8 Å². The van der Waals surface area contributed by atoms with Gasteiger partial charge in [0.05, 0.1) is 18.8 Å². The first-order chi connectivity index (χ1) is 16.4. The first-order valence-corrected chi connectivity index (χ1v) is 12.2. The van der Waals surface area contributed by atoms with Crippen molar-refractivity contribution in [3.8, 4) is 11.8 Å². The molecule has 0 spiro atoms. The summed E-state index contributed by atoms with van der Waals surface area (Å²) >= 11 is 1.38. The summed E-state index contributed by atoms with van der Waals surface area (Å²) < 4.78 is 4.07. The molecule has 1 saturated heterocycles. The lowest BCUT2D eigenvalue weighted by Crippen LogP contribution is -2.44. The fraction of sp³-hybridized carbons (Fsp3) is 0.417. The SMILES string of the molecule is CC#CCn1c(N2CCCC(N)C2)nc2c1c(=O)n(CC(=O)CSc1ccccc1)c(=O)n2C. The second kappa shape index (κ2) is 10.3. The van der Waals surface area contributed by atoms with E-state index in [1.54, 1.807) is 18.5 Å². The van der Waals surface area contributed by atoms with E-state index in [1.807, 2.05) is 35.2 Å². The number of piperidine rings is 1. The molecule has 1 aliphatic heterocycles. The molecule has 10 heteroatoms. The lowest BCUT2D eigenvalue weighted by Gasteiger charge is -2.31. The van der Waals surface area contributed by atoms with E-state index in [4.69, 9.17) is 5.73 Å². The fourth-order valence-electron chi connectivity index (χ4n) is 4.14. The van der Waals surface area contributed by atoms with Gasteiger partial charge >= 0.3 is 5.69 Å². The van der Waals surface area contributed by atoms with Gasteiger partial charge in [0, 0.05) is 31.1 Å². The molecule has 4 rings (SSSR count). The van der Waals surface area contributed by atoms with Gasteiger partial charge in [0.25, 0.3) is 5.56 Å². The van der Waals surface area contributed by atoms with E-state index >= 15 is 0 Å². The van der Waals surface area contributed by atoms with Crippen molar-refractivity contribution in [2.45, 2.75) is 43.8 Å². The highest BCUT2D eigenvalue weighted by atomic mass is 32.2. The van der Waals surface area contributed by atoms with Gasteiger partial charge < -0.3 is 10.6 Å². The first kappa shape index (κ1) is 23.9. The Balaban J connectivity index is 1.73. The summed E-state index contributed by atoms with van der Waals surface area (Å²) in [7, 11) is 1.57. The molecule has 0 bridgehead atoms. The number of ketones is 1. The van der Waals surface area contributed by atoms with Crippen molar-refractivity contribution in [1.82, 2.24) is 18.7 Å². The van der Waals surface area contributed by atoms with Crippen LogP contribution in [0.15, 0.2) is 44.8 Å². The third-order valence-electron chi connectivity index (χ3n) is 5.84. The Morgan fingerprint density at radius 1 is 1.24 bits per heavy atom. The number of aryl methyl sites for hydroxylation is 1. The Morgan fingerprint density at radius 2 is 2.00 bits per heavy atom. The van der Waals surface area contributed by atoms with Crippen molar-refractivity contribution in [2.24, 2.45) is 12.8 Å². The molecule has 1 fully saturated rings. The summed E-state index contributed by atoms with van der Waals surface area (Å²) in [5.74, 6) is 6.38. The van der Waals surface area contributed by atoms with Gasteiger partial charge in [-0.1, -0.05) is 24.1 Å². The van der Waals surface area contributed by atoms with E-state index in [1.165, 1.54) is 16.3 Å². The largest absolute Gasteiger partial charge is 0.341 e. The van der Waals surface area contributed by atoms with Gasteiger partial charge in [0.1, 0.15) is 0 Å². The Hall–Kier alpha value is -3.29. The average Bonchev–Trinajstić information content (AvgIpc) is 3.23. The molecule has 3 aromatic rings. The molecule has 2 N–H and O–H groups in total. The molecular formula is C24H28N6O3S. The van der Waals surface area contributed by atoms with Crippen LogP contribution >= 0.6 is 11.8 Å². The zero-order valence-corrected chi connectivity index (χ0v) is 20.2. The smallest absolute Gasteiger partial charge is 0.332 e. The number of hydrogen-bond donors (Lipinski definition) is 1. The number of thioether (sulfide) groups is 1. The molecule has 3 heterocycles. The monoisotopic (exact) mass is 480 g/mol. The van der Waals surface area contributed by atoms with E-state index in [0.29, 0.717) is 12.5 Å². The van der Waals surface area contributed by atoms with Crippen LogP contribution in [0.3, 0.4) is 0 Å². The maximum Gasteiger partial charge on any atom is 0.332 e. The number of anilines is 1. The Kier molecular flexibility index (Phi) is 7.24. The molecule has 1 unspecified atom stereocenters. The number of benzene rings is 1. The maximum atomic E-state index is 13.5. The molecule has 9 nitrogen and oxygen atoms in total. The minimum absolute atomic E-state index is 0.0134. The first-order valence-electron chi connectivity index (χ1n) is 11.2. The summed E-state index contributed by atoms with van der Waals surface area (Å²) in [6.45, 7) is 3.05. The van der Waals surface area contributed by atoms with Crippen LogP contribution in [0.5, 0.6) is 0 Å². The highest BCUT2D eigenvalue weighted by molar-refractivity contribution is 8.00. The minimum atomic E-state index is -0.566. The molecule has 2 aromatic heterocycles. The van der Waals surface area contributed by atoms with Crippen LogP contribution in [0.4, 0.5) is 5.95 Å². The Labute approximate surface area is 201 Å². The Morgan fingerprint density at radius 3 is 2.71 bits per heavy atom. The standard InChI is InChI=1S/C24H28N6O3S/c1-3-4-13-29-20-21(26-23(29)28-12-8-9-17(25)14-28)27(2)24(33)30(22(20)32)15-18(31)16-34-19-10-6-5-7-11-19/h5-7,10-11,17H,8-9,12-16,25H2,1-2H3. The number of carbonyl (C=O) groups excluding carboxylic acids is 1. The summed E-state index contributed by atoms with van der Waals surface area (Å²) in [6.07, 6.45) is 1.85. The van der Waals surface area contributed by atoms with Crippen molar-refractivity contribution in [3.05, 3.63) is 51.2 Å². The second-order valence-electron chi connectivity index (χ2n) is 8.32. The maximum absolute atomic E-state index is 13.5. The van der Waals surface area contributed by atoms with Crippen molar-refractivity contribution < 1.29 is 4.79 Å². The summed E-state index contributed by atoms with van der Waals surface area (Å²) in [5.41, 5.74) is 5.62. The third kappa shape index (κ3) is 4.81. The number of fused-ring (bicyclic) bond motifs is 1. The number of nitrogens with two attached hydrogens (primary N) is 1. The summed E-state index contributed by atoms with van der Waals surface area (Å²) in [6, 6.07) is 9.54. The van der Waals surface area contributed by atoms with Gasteiger partial charge in [0.2, 0.25) is 5.95 Å². The van der Waals surface area contributed by atoms with E-state index in [-0.39, 0.29) is 41.8 Å². The number of nitrogens with zero attached hydrogens (tertiary/aromatic N) is 5.